The summed E-state index contributed by atoms with van der Waals surface area (Å²) < 4.78 is 67.9. The van der Waals surface area contributed by atoms with Crippen LogP contribution < -0.4 is 69.1 Å². The summed E-state index contributed by atoms with van der Waals surface area (Å²) in [6.45, 7) is 0. The van der Waals surface area contributed by atoms with Gasteiger partial charge in [-0.3, -0.25) is 0 Å². The van der Waals surface area contributed by atoms with Crippen LogP contribution in [0.1, 0.15) is 11.1 Å². The van der Waals surface area contributed by atoms with Crippen molar-refractivity contribution in [2.75, 3.05) is 0 Å². The molecule has 0 aliphatic rings. The molecule has 0 aromatic heterocycles. The average molecular weight is 906 g/mol. The van der Waals surface area contributed by atoms with Crippen molar-refractivity contribution in [2.45, 2.75) is 12.3 Å². The molecule has 0 aliphatic heterocycles. The van der Waals surface area contributed by atoms with Crippen LogP contribution in [0.15, 0.2) is 243 Å². The smallest absolute Gasteiger partial charge is 0.116 e. The van der Waals surface area contributed by atoms with E-state index >= 15 is 0 Å². The first-order valence-electron chi connectivity index (χ1n) is 19.2. The predicted molar refractivity (Wildman–Crippen MR) is 231 cm³/mol. The van der Waals surface area contributed by atoms with Crippen molar-refractivity contribution in [2.24, 2.45) is 0 Å². The highest BCUT2D eigenvalue weighted by Crippen LogP contribution is 2.59. The number of benzene rings is 8. The standard InChI is InChI=1S/2C25H22P.2ClHO4/c2*1-5-13-22(14-6-1)21-26(23-15-7-2-8-16-23,24-17-9-3-10-18-24)25-19-11-4-12-20-25;2*2-1(3,4)5/h2*1-20H,21H2;2*(H,2,3,4,5)/q2*+1;;/p-2. The van der Waals surface area contributed by atoms with Crippen molar-refractivity contribution in [1.29, 1.82) is 0 Å². The molecule has 0 bridgehead atoms. The summed E-state index contributed by atoms with van der Waals surface area (Å²) in [4.78, 5) is 0. The van der Waals surface area contributed by atoms with E-state index in [1.54, 1.807) is 0 Å². The minimum Gasteiger partial charge on any atom is -0.222 e. The van der Waals surface area contributed by atoms with E-state index in [1.807, 2.05) is 0 Å². The van der Waals surface area contributed by atoms with E-state index in [1.165, 1.54) is 43.0 Å². The third-order valence-electron chi connectivity index (χ3n) is 9.71. The van der Waals surface area contributed by atoms with Gasteiger partial charge >= 0.3 is 0 Å². The second-order valence-electron chi connectivity index (χ2n) is 13.7. The van der Waals surface area contributed by atoms with Crippen LogP contribution in [0.3, 0.4) is 0 Å². The molecule has 0 atom stereocenters. The lowest BCUT2D eigenvalue weighted by molar-refractivity contribution is -2.00. The van der Waals surface area contributed by atoms with Crippen LogP contribution in [-0.4, -0.2) is 0 Å². The Kier molecular flexibility index (Phi) is 18.1. The van der Waals surface area contributed by atoms with E-state index in [0.29, 0.717) is 0 Å². The zero-order chi connectivity index (χ0) is 44.3. The van der Waals surface area contributed by atoms with Crippen molar-refractivity contribution in [3.8, 4) is 0 Å². The van der Waals surface area contributed by atoms with Gasteiger partial charge < -0.3 is 0 Å². The van der Waals surface area contributed by atoms with E-state index in [-0.39, 0.29) is 0 Å². The van der Waals surface area contributed by atoms with E-state index in [2.05, 4.69) is 243 Å². The lowest BCUT2D eigenvalue weighted by atomic mass is 10.2. The quantitative estimate of drug-likeness (QED) is 0.181. The van der Waals surface area contributed by atoms with Crippen LogP contribution in [-0.2, 0) is 12.3 Å². The van der Waals surface area contributed by atoms with Gasteiger partial charge in [-0.2, -0.15) is 0 Å². The molecule has 8 aromatic carbocycles. The maximum absolute atomic E-state index is 8.49. The monoisotopic (exact) mass is 904 g/mol. The molecule has 0 saturated carbocycles. The van der Waals surface area contributed by atoms with E-state index in [0.717, 1.165) is 12.3 Å². The zero-order valence-corrected chi connectivity index (χ0v) is 36.7. The first-order valence-corrected chi connectivity index (χ1v) is 25.6. The highest BCUT2D eigenvalue weighted by molar-refractivity contribution is 7.95. The first kappa shape index (κ1) is 47.9. The molecular formula is C50H44Cl2O8P2. The van der Waals surface area contributed by atoms with Gasteiger partial charge in [0.05, 0.1) is 12.3 Å². The van der Waals surface area contributed by atoms with Gasteiger partial charge in [0.1, 0.15) is 46.4 Å². The average Bonchev–Trinajstić information content (AvgIpc) is 3.29. The van der Waals surface area contributed by atoms with Crippen LogP contribution in [0, 0.1) is 20.5 Å². The Hall–Kier alpha value is -5.12. The van der Waals surface area contributed by atoms with Crippen LogP contribution in [0.4, 0.5) is 0 Å². The van der Waals surface area contributed by atoms with Crippen LogP contribution in [0.5, 0.6) is 0 Å². The minimum atomic E-state index is -4.94. The van der Waals surface area contributed by atoms with E-state index in [4.69, 9.17) is 37.3 Å². The summed E-state index contributed by atoms with van der Waals surface area (Å²) >= 11 is 0. The van der Waals surface area contributed by atoms with Crippen molar-refractivity contribution in [3.63, 3.8) is 0 Å². The highest BCUT2D eigenvalue weighted by atomic mass is 35.7. The summed E-state index contributed by atoms with van der Waals surface area (Å²) in [6.07, 6.45) is 2.07. The molecule has 8 rings (SSSR count). The van der Waals surface area contributed by atoms with Crippen LogP contribution in [0.2, 0.25) is 0 Å². The summed E-state index contributed by atoms with van der Waals surface area (Å²) in [6, 6.07) is 88.1. The summed E-state index contributed by atoms with van der Waals surface area (Å²) in [5.41, 5.74) is 2.77. The SMILES string of the molecule is [O-][Cl+3]([O-])([O-])[O-].[O-][Cl+3]([O-])([O-])[O-].c1ccc(C[P+](c2ccccc2)(c2ccccc2)c2ccccc2)cc1.c1ccc(C[P+](c2ccccc2)(c2ccccc2)c2ccccc2)cc1. The molecular weight excluding hydrogens is 861 g/mol. The van der Waals surface area contributed by atoms with Crippen LogP contribution >= 0.6 is 14.5 Å². The molecule has 0 spiro atoms. The largest absolute Gasteiger partial charge is 0.222 e. The van der Waals surface area contributed by atoms with Crippen molar-refractivity contribution in [3.05, 3.63) is 254 Å². The Morgan fingerprint density at radius 1 is 0.226 bits per heavy atom. The Morgan fingerprint density at radius 3 is 0.500 bits per heavy atom. The number of rotatable bonds is 10. The fraction of sp³-hybridized carbons (Fsp3) is 0.0400. The zero-order valence-electron chi connectivity index (χ0n) is 33.4. The normalized spacial score (nSPS) is 11.4. The minimum absolute atomic E-state index is 1.03. The van der Waals surface area contributed by atoms with Gasteiger partial charge in [-0.25, -0.2) is 37.3 Å². The molecule has 0 aliphatic carbocycles. The van der Waals surface area contributed by atoms with Gasteiger partial charge in [-0.1, -0.05) is 170 Å². The second-order valence-corrected chi connectivity index (χ2v) is 22.2. The summed E-state index contributed by atoms with van der Waals surface area (Å²) in [5.74, 6) is 0. The second kappa shape index (κ2) is 23.4. The van der Waals surface area contributed by atoms with E-state index < -0.39 is 35.0 Å². The van der Waals surface area contributed by atoms with Gasteiger partial charge in [0.25, 0.3) is 0 Å². The fourth-order valence-corrected chi connectivity index (χ4v) is 15.7. The van der Waals surface area contributed by atoms with Crippen LogP contribution in [0.25, 0.3) is 0 Å². The van der Waals surface area contributed by atoms with Crippen molar-refractivity contribution in [1.82, 2.24) is 0 Å². The van der Waals surface area contributed by atoms with Crippen molar-refractivity contribution < 1.29 is 57.8 Å². The number of halogens is 2. The Balaban J connectivity index is 0.000000193. The molecule has 0 heterocycles. The van der Waals surface area contributed by atoms with Crippen molar-refractivity contribution >= 4 is 46.4 Å². The molecule has 12 heteroatoms. The molecule has 62 heavy (non-hydrogen) atoms. The molecule has 0 fully saturated rings. The molecule has 8 aromatic rings. The molecule has 0 unspecified atom stereocenters. The molecule has 0 amide bonds. The number of hydrogen-bond donors (Lipinski definition) is 0. The summed E-state index contributed by atoms with van der Waals surface area (Å²) in [5, 5.41) is 8.59. The topological polar surface area (TPSA) is 184 Å². The lowest BCUT2D eigenvalue weighted by Gasteiger charge is -2.27. The Labute approximate surface area is 368 Å². The summed E-state index contributed by atoms with van der Waals surface area (Å²) in [7, 11) is -13.4. The maximum Gasteiger partial charge on any atom is 0.116 e. The van der Waals surface area contributed by atoms with Gasteiger partial charge in [-0.15, -0.1) is 20.5 Å². The lowest BCUT2D eigenvalue weighted by Crippen LogP contribution is -2.68. The van der Waals surface area contributed by atoms with E-state index in [9.17, 15) is 0 Å². The predicted octanol–water partition coefficient (Wildman–Crippen LogP) is 0.849. The molecule has 8 nitrogen and oxygen atoms in total. The fourth-order valence-electron chi connectivity index (χ4n) is 7.25. The first-order chi connectivity index (χ1) is 29.8. The van der Waals surface area contributed by atoms with Gasteiger partial charge in [0.2, 0.25) is 0 Å². The highest BCUT2D eigenvalue weighted by Gasteiger charge is 2.46. The Morgan fingerprint density at radius 2 is 0.355 bits per heavy atom. The van der Waals surface area contributed by atoms with Gasteiger partial charge in [-0.05, 0) is 83.9 Å². The molecule has 316 valence electrons. The maximum atomic E-state index is 8.49. The Bertz CT molecular complexity index is 2050. The molecule has 0 saturated heterocycles. The molecule has 0 N–H and O–H groups in total. The molecule has 0 radical (unpaired) electrons. The van der Waals surface area contributed by atoms with Gasteiger partial charge in [0.15, 0.2) is 0 Å². The third-order valence-corrected chi connectivity index (χ3v) is 18.5. The third kappa shape index (κ3) is 14.5. The van der Waals surface area contributed by atoms with Gasteiger partial charge in [0, 0.05) is 0 Å². The number of hydrogen-bond acceptors (Lipinski definition) is 8.